The van der Waals surface area contributed by atoms with E-state index in [1.54, 1.807) is 0 Å². The zero-order valence-electron chi connectivity index (χ0n) is 9.50. The summed E-state index contributed by atoms with van der Waals surface area (Å²) in [5.41, 5.74) is 0. The number of hydrogen-bond acceptors (Lipinski definition) is 4. The molecule has 0 spiro atoms. The number of anilines is 1. The van der Waals surface area contributed by atoms with Crippen molar-refractivity contribution in [2.45, 2.75) is 0 Å². The highest BCUT2D eigenvalue weighted by Crippen LogP contribution is 2.17. The van der Waals surface area contributed by atoms with E-state index in [0.717, 1.165) is 10.4 Å². The molecule has 94 valence electrons. The maximum atomic E-state index is 11.4. The van der Waals surface area contributed by atoms with Gasteiger partial charge in [-0.05, 0) is 28.1 Å². The van der Waals surface area contributed by atoms with Gasteiger partial charge in [0.2, 0.25) is 10.0 Å². The second kappa shape index (κ2) is 4.91. The summed E-state index contributed by atoms with van der Waals surface area (Å²) in [7, 11) is -3.06. The maximum Gasteiger partial charge on any atom is 0.211 e. The van der Waals surface area contributed by atoms with Crippen molar-refractivity contribution in [3.63, 3.8) is 0 Å². The molecule has 1 saturated heterocycles. The van der Waals surface area contributed by atoms with Crippen LogP contribution in [-0.4, -0.2) is 50.1 Å². The minimum Gasteiger partial charge on any atom is -0.354 e. The molecule has 5 nitrogen and oxygen atoms in total. The number of sulfonamides is 1. The molecule has 0 unspecified atom stereocenters. The highest BCUT2D eigenvalue weighted by atomic mass is 79.9. The third-order valence-electron chi connectivity index (χ3n) is 2.73. The Kier molecular flexibility index (Phi) is 3.70. The molecule has 2 heterocycles. The van der Waals surface area contributed by atoms with E-state index in [2.05, 4.69) is 25.8 Å². The first-order chi connectivity index (χ1) is 7.97. The number of aromatic nitrogens is 1. The van der Waals surface area contributed by atoms with Crippen LogP contribution in [0.15, 0.2) is 22.8 Å². The van der Waals surface area contributed by atoms with Crippen LogP contribution in [0.5, 0.6) is 0 Å². The van der Waals surface area contributed by atoms with Gasteiger partial charge in [-0.25, -0.2) is 13.4 Å². The topological polar surface area (TPSA) is 53.5 Å². The van der Waals surface area contributed by atoms with Gasteiger partial charge in [0, 0.05) is 26.2 Å². The third-order valence-corrected chi connectivity index (χ3v) is 4.48. The Labute approximate surface area is 110 Å². The molecule has 1 aromatic rings. The highest BCUT2D eigenvalue weighted by Gasteiger charge is 2.23. The van der Waals surface area contributed by atoms with Crippen molar-refractivity contribution in [3.8, 4) is 0 Å². The fourth-order valence-corrected chi connectivity index (χ4v) is 2.98. The Bertz CT molecular complexity index is 498. The summed E-state index contributed by atoms with van der Waals surface area (Å²) < 4.78 is 25.0. The van der Waals surface area contributed by atoms with Gasteiger partial charge in [0.1, 0.15) is 10.4 Å². The van der Waals surface area contributed by atoms with Crippen LogP contribution < -0.4 is 4.90 Å². The highest BCUT2D eigenvalue weighted by molar-refractivity contribution is 9.10. The first-order valence-corrected chi connectivity index (χ1v) is 7.93. The van der Waals surface area contributed by atoms with E-state index in [9.17, 15) is 8.42 Å². The zero-order valence-corrected chi connectivity index (χ0v) is 11.9. The lowest BCUT2D eigenvalue weighted by atomic mass is 10.3. The lowest BCUT2D eigenvalue weighted by molar-refractivity contribution is 0.387. The van der Waals surface area contributed by atoms with Crippen LogP contribution in [0.25, 0.3) is 0 Å². The van der Waals surface area contributed by atoms with Gasteiger partial charge in [-0.2, -0.15) is 4.31 Å². The first kappa shape index (κ1) is 12.8. The molecule has 1 aromatic heterocycles. The molecule has 7 heteroatoms. The second-order valence-electron chi connectivity index (χ2n) is 3.97. The van der Waals surface area contributed by atoms with E-state index in [0.29, 0.717) is 26.2 Å². The largest absolute Gasteiger partial charge is 0.354 e. The molecule has 0 N–H and O–H groups in total. The van der Waals surface area contributed by atoms with Gasteiger partial charge in [0.05, 0.1) is 6.26 Å². The summed E-state index contributed by atoms with van der Waals surface area (Å²) >= 11 is 3.33. The molecule has 1 aliphatic heterocycles. The van der Waals surface area contributed by atoms with Gasteiger partial charge in [-0.3, -0.25) is 0 Å². The van der Waals surface area contributed by atoms with Crippen molar-refractivity contribution < 1.29 is 8.42 Å². The lowest BCUT2D eigenvalue weighted by Crippen LogP contribution is -2.48. The molecule has 1 fully saturated rings. The molecule has 2 rings (SSSR count). The minimum absolute atomic E-state index is 0.521. The Morgan fingerprint density at radius 3 is 2.41 bits per heavy atom. The van der Waals surface area contributed by atoms with Gasteiger partial charge in [0.15, 0.2) is 0 Å². The molecule has 0 aromatic carbocycles. The van der Waals surface area contributed by atoms with E-state index in [1.807, 2.05) is 18.2 Å². The molecular weight excluding hydrogens is 306 g/mol. The number of piperazine rings is 1. The van der Waals surface area contributed by atoms with Crippen LogP contribution in [0.1, 0.15) is 0 Å². The van der Waals surface area contributed by atoms with Crippen LogP contribution in [0, 0.1) is 0 Å². The van der Waals surface area contributed by atoms with Crippen molar-refractivity contribution in [1.29, 1.82) is 0 Å². The lowest BCUT2D eigenvalue weighted by Gasteiger charge is -2.33. The van der Waals surface area contributed by atoms with Crippen molar-refractivity contribution in [3.05, 3.63) is 22.8 Å². The van der Waals surface area contributed by atoms with E-state index in [-0.39, 0.29) is 0 Å². The SMILES string of the molecule is CS(=O)(=O)N1CCN(c2cccc(Br)n2)CC1. The molecule has 0 radical (unpaired) electrons. The Balaban J connectivity index is 2.05. The quantitative estimate of drug-likeness (QED) is 0.761. The van der Waals surface area contributed by atoms with E-state index in [4.69, 9.17) is 0 Å². The van der Waals surface area contributed by atoms with Gasteiger partial charge < -0.3 is 4.90 Å². The molecule has 0 bridgehead atoms. The zero-order chi connectivity index (χ0) is 12.5. The van der Waals surface area contributed by atoms with E-state index < -0.39 is 10.0 Å². The molecule has 1 aliphatic rings. The summed E-state index contributed by atoms with van der Waals surface area (Å²) in [6, 6.07) is 5.73. The van der Waals surface area contributed by atoms with Gasteiger partial charge in [-0.15, -0.1) is 0 Å². The third kappa shape index (κ3) is 3.17. The van der Waals surface area contributed by atoms with Crippen molar-refractivity contribution in [2.24, 2.45) is 0 Å². The summed E-state index contributed by atoms with van der Waals surface area (Å²) in [4.78, 5) is 6.45. The fraction of sp³-hybridized carbons (Fsp3) is 0.500. The van der Waals surface area contributed by atoms with Gasteiger partial charge in [-0.1, -0.05) is 6.07 Å². The van der Waals surface area contributed by atoms with Crippen LogP contribution in [0.2, 0.25) is 0 Å². The van der Waals surface area contributed by atoms with E-state index in [1.165, 1.54) is 10.6 Å². The molecule has 0 saturated carbocycles. The van der Waals surface area contributed by atoms with Crippen LogP contribution in [-0.2, 0) is 10.0 Å². The van der Waals surface area contributed by atoms with Gasteiger partial charge in [0.25, 0.3) is 0 Å². The molecular formula is C10H14BrN3O2S. The molecule has 0 atom stereocenters. The average molecular weight is 320 g/mol. The molecule has 0 aliphatic carbocycles. The number of hydrogen-bond donors (Lipinski definition) is 0. The normalized spacial score (nSPS) is 18.4. The predicted molar refractivity (Wildman–Crippen MR) is 70.6 cm³/mol. The fourth-order valence-electron chi connectivity index (χ4n) is 1.82. The number of rotatable bonds is 2. The summed E-state index contributed by atoms with van der Waals surface area (Å²) in [5.74, 6) is 0.882. The van der Waals surface area contributed by atoms with Crippen LogP contribution in [0.3, 0.4) is 0 Å². The Morgan fingerprint density at radius 2 is 1.88 bits per heavy atom. The predicted octanol–water partition coefficient (Wildman–Crippen LogP) is 0.926. The smallest absolute Gasteiger partial charge is 0.211 e. The first-order valence-electron chi connectivity index (χ1n) is 5.29. The molecule has 0 amide bonds. The monoisotopic (exact) mass is 319 g/mol. The maximum absolute atomic E-state index is 11.4. The second-order valence-corrected chi connectivity index (χ2v) is 6.76. The standard InChI is InChI=1S/C10H14BrN3O2S/c1-17(15,16)14-7-5-13(6-8-14)10-4-2-3-9(11)12-10/h2-4H,5-8H2,1H3. The summed E-state index contributed by atoms with van der Waals surface area (Å²) in [6.45, 7) is 2.40. The van der Waals surface area contributed by atoms with Crippen LogP contribution >= 0.6 is 15.9 Å². The van der Waals surface area contributed by atoms with E-state index >= 15 is 0 Å². The van der Waals surface area contributed by atoms with Crippen molar-refractivity contribution >= 4 is 31.8 Å². The summed E-state index contributed by atoms with van der Waals surface area (Å²) in [6.07, 6.45) is 1.25. The van der Waals surface area contributed by atoms with Crippen molar-refractivity contribution in [1.82, 2.24) is 9.29 Å². The number of halogens is 1. The Morgan fingerprint density at radius 1 is 1.24 bits per heavy atom. The van der Waals surface area contributed by atoms with Crippen LogP contribution in [0.4, 0.5) is 5.82 Å². The number of pyridine rings is 1. The Hall–Kier alpha value is -0.660. The number of nitrogens with zero attached hydrogens (tertiary/aromatic N) is 3. The molecule has 17 heavy (non-hydrogen) atoms. The summed E-state index contributed by atoms with van der Waals surface area (Å²) in [5, 5.41) is 0. The average Bonchev–Trinajstić information content (AvgIpc) is 2.28. The minimum atomic E-state index is -3.06. The van der Waals surface area contributed by atoms with Gasteiger partial charge >= 0.3 is 0 Å². The van der Waals surface area contributed by atoms with Crippen molar-refractivity contribution in [2.75, 3.05) is 37.3 Å².